The van der Waals surface area contributed by atoms with Crippen LogP contribution in [0.2, 0.25) is 0 Å². The molecule has 1 heterocycles. The first-order valence-corrected chi connectivity index (χ1v) is 7.65. The van der Waals surface area contributed by atoms with E-state index in [9.17, 15) is 0 Å². The van der Waals surface area contributed by atoms with Gasteiger partial charge in [0.1, 0.15) is 0 Å². The summed E-state index contributed by atoms with van der Waals surface area (Å²) in [5, 5.41) is 0. The van der Waals surface area contributed by atoms with E-state index in [0.717, 1.165) is 38.8 Å². The van der Waals surface area contributed by atoms with Crippen LogP contribution in [0.25, 0.3) is 0 Å². The monoisotopic (exact) mass is 257 g/mol. The highest BCUT2D eigenvalue weighted by molar-refractivity contribution is 4.62. The fraction of sp³-hybridized carbons (Fsp3) is 1.00. The van der Waals surface area contributed by atoms with E-state index in [1.807, 2.05) is 0 Å². The molecule has 0 aromatic heterocycles. The van der Waals surface area contributed by atoms with Gasteiger partial charge in [-0.2, -0.15) is 0 Å². The molecule has 0 aliphatic carbocycles. The lowest BCUT2D eigenvalue weighted by Crippen LogP contribution is -2.36. The van der Waals surface area contributed by atoms with Crippen molar-refractivity contribution in [3.8, 4) is 0 Å². The number of rotatable bonds is 10. The molecule has 1 saturated heterocycles. The van der Waals surface area contributed by atoms with E-state index < -0.39 is 0 Å². The Hall–Kier alpha value is -0.120. The maximum absolute atomic E-state index is 5.36. The summed E-state index contributed by atoms with van der Waals surface area (Å²) >= 11 is 0. The SMILES string of the molecule is CC[C@H](CCCCCN1CCOCC1)CCOC. The molecule has 18 heavy (non-hydrogen) atoms. The maximum atomic E-state index is 5.36. The van der Waals surface area contributed by atoms with E-state index in [1.54, 1.807) is 7.11 Å². The Labute approximate surface area is 113 Å². The number of ether oxygens (including phenoxy) is 2. The number of unbranched alkanes of at least 4 members (excludes halogenated alkanes) is 2. The molecule has 3 heteroatoms. The normalized spacial score (nSPS) is 19.0. The highest BCUT2D eigenvalue weighted by atomic mass is 16.5. The molecule has 0 amide bonds. The molecule has 1 rings (SSSR count). The molecule has 0 spiro atoms. The van der Waals surface area contributed by atoms with Crippen molar-refractivity contribution in [3.05, 3.63) is 0 Å². The number of methoxy groups -OCH3 is 1. The molecule has 1 atom stereocenters. The van der Waals surface area contributed by atoms with Gasteiger partial charge >= 0.3 is 0 Å². The summed E-state index contributed by atoms with van der Waals surface area (Å²) in [5.41, 5.74) is 0. The van der Waals surface area contributed by atoms with Crippen LogP contribution < -0.4 is 0 Å². The zero-order valence-corrected chi connectivity index (χ0v) is 12.3. The number of hydrogen-bond acceptors (Lipinski definition) is 3. The van der Waals surface area contributed by atoms with Crippen LogP contribution in [-0.2, 0) is 9.47 Å². The van der Waals surface area contributed by atoms with Gasteiger partial charge < -0.3 is 9.47 Å². The minimum absolute atomic E-state index is 0.869. The van der Waals surface area contributed by atoms with Gasteiger partial charge in [-0.25, -0.2) is 0 Å². The van der Waals surface area contributed by atoms with Crippen molar-refractivity contribution >= 4 is 0 Å². The third-order valence-corrected chi connectivity index (χ3v) is 4.00. The van der Waals surface area contributed by atoms with E-state index in [2.05, 4.69) is 11.8 Å². The molecule has 0 saturated carbocycles. The third-order valence-electron chi connectivity index (χ3n) is 4.00. The van der Waals surface area contributed by atoms with E-state index in [1.165, 1.54) is 45.1 Å². The Morgan fingerprint density at radius 3 is 2.56 bits per heavy atom. The molecule has 0 bridgehead atoms. The molecular formula is C15H31NO2. The highest BCUT2D eigenvalue weighted by Gasteiger charge is 2.09. The van der Waals surface area contributed by atoms with Gasteiger partial charge in [0.15, 0.2) is 0 Å². The van der Waals surface area contributed by atoms with Gasteiger partial charge in [-0.3, -0.25) is 4.90 Å². The lowest BCUT2D eigenvalue weighted by molar-refractivity contribution is 0.0371. The van der Waals surface area contributed by atoms with Crippen molar-refractivity contribution in [1.29, 1.82) is 0 Å². The summed E-state index contributed by atoms with van der Waals surface area (Å²) in [6.45, 7) is 8.60. The Kier molecular flexibility index (Phi) is 9.54. The van der Waals surface area contributed by atoms with Crippen molar-refractivity contribution in [1.82, 2.24) is 4.90 Å². The second kappa shape index (κ2) is 10.8. The second-order valence-electron chi connectivity index (χ2n) is 5.36. The molecule has 3 nitrogen and oxygen atoms in total. The summed E-state index contributed by atoms with van der Waals surface area (Å²) < 4.78 is 10.5. The Morgan fingerprint density at radius 2 is 1.89 bits per heavy atom. The largest absolute Gasteiger partial charge is 0.385 e. The maximum Gasteiger partial charge on any atom is 0.0594 e. The summed E-state index contributed by atoms with van der Waals surface area (Å²) in [6, 6.07) is 0. The minimum atomic E-state index is 0.869. The average molecular weight is 257 g/mol. The predicted molar refractivity (Wildman–Crippen MR) is 76.0 cm³/mol. The van der Waals surface area contributed by atoms with Gasteiger partial charge in [0.25, 0.3) is 0 Å². The van der Waals surface area contributed by atoms with Crippen LogP contribution in [0.1, 0.15) is 45.4 Å². The standard InChI is InChI=1S/C15H31NO2/c1-3-15(8-12-17-2)7-5-4-6-9-16-10-13-18-14-11-16/h15H,3-14H2,1-2H3/t15-/m1/s1. The number of nitrogens with zero attached hydrogens (tertiary/aromatic N) is 1. The average Bonchev–Trinajstić information content (AvgIpc) is 2.43. The Balaban J connectivity index is 1.93. The summed E-state index contributed by atoms with van der Waals surface area (Å²) in [7, 11) is 1.80. The van der Waals surface area contributed by atoms with Crippen LogP contribution in [0, 0.1) is 5.92 Å². The lowest BCUT2D eigenvalue weighted by atomic mass is 9.95. The number of hydrogen-bond donors (Lipinski definition) is 0. The Bertz CT molecular complexity index is 181. The van der Waals surface area contributed by atoms with Crippen LogP contribution in [-0.4, -0.2) is 51.5 Å². The van der Waals surface area contributed by atoms with Gasteiger partial charge in [-0.15, -0.1) is 0 Å². The minimum Gasteiger partial charge on any atom is -0.385 e. The van der Waals surface area contributed by atoms with Crippen molar-refractivity contribution in [2.24, 2.45) is 5.92 Å². The van der Waals surface area contributed by atoms with Crippen LogP contribution in [0.5, 0.6) is 0 Å². The van der Waals surface area contributed by atoms with Crippen molar-refractivity contribution < 1.29 is 9.47 Å². The molecule has 0 N–H and O–H groups in total. The molecule has 1 fully saturated rings. The van der Waals surface area contributed by atoms with Crippen LogP contribution in [0.4, 0.5) is 0 Å². The molecule has 0 radical (unpaired) electrons. The van der Waals surface area contributed by atoms with Crippen LogP contribution in [0.3, 0.4) is 0 Å². The van der Waals surface area contributed by atoms with Gasteiger partial charge in [0, 0.05) is 26.8 Å². The van der Waals surface area contributed by atoms with Gasteiger partial charge in [-0.1, -0.05) is 32.6 Å². The second-order valence-corrected chi connectivity index (χ2v) is 5.36. The smallest absolute Gasteiger partial charge is 0.0594 e. The molecule has 0 unspecified atom stereocenters. The zero-order chi connectivity index (χ0) is 13.1. The first-order valence-electron chi connectivity index (χ1n) is 7.65. The van der Waals surface area contributed by atoms with Crippen LogP contribution in [0.15, 0.2) is 0 Å². The van der Waals surface area contributed by atoms with E-state index in [4.69, 9.17) is 9.47 Å². The topological polar surface area (TPSA) is 21.7 Å². The lowest BCUT2D eigenvalue weighted by Gasteiger charge is -2.26. The molecule has 1 aliphatic heterocycles. The molecule has 0 aromatic rings. The number of morpholine rings is 1. The Morgan fingerprint density at radius 1 is 1.11 bits per heavy atom. The quantitative estimate of drug-likeness (QED) is 0.562. The van der Waals surface area contributed by atoms with Crippen molar-refractivity contribution in [3.63, 3.8) is 0 Å². The zero-order valence-electron chi connectivity index (χ0n) is 12.3. The molecule has 0 aromatic carbocycles. The summed E-state index contributed by atoms with van der Waals surface area (Å²) in [6.07, 6.45) is 8.01. The third kappa shape index (κ3) is 7.34. The van der Waals surface area contributed by atoms with Gasteiger partial charge in [-0.05, 0) is 25.3 Å². The van der Waals surface area contributed by atoms with E-state index >= 15 is 0 Å². The highest BCUT2D eigenvalue weighted by Crippen LogP contribution is 2.17. The van der Waals surface area contributed by atoms with Crippen molar-refractivity contribution in [2.75, 3.05) is 46.6 Å². The summed E-state index contributed by atoms with van der Waals surface area (Å²) in [4.78, 5) is 2.53. The summed E-state index contributed by atoms with van der Waals surface area (Å²) in [5.74, 6) is 0.869. The molecule has 108 valence electrons. The van der Waals surface area contributed by atoms with E-state index in [0.29, 0.717) is 0 Å². The predicted octanol–water partition coefficient (Wildman–Crippen LogP) is 2.94. The first kappa shape index (κ1) is 15.9. The fourth-order valence-corrected chi connectivity index (χ4v) is 2.61. The molecule has 1 aliphatic rings. The van der Waals surface area contributed by atoms with Gasteiger partial charge in [0.2, 0.25) is 0 Å². The fourth-order valence-electron chi connectivity index (χ4n) is 2.61. The van der Waals surface area contributed by atoms with Crippen molar-refractivity contribution in [2.45, 2.75) is 45.4 Å². The van der Waals surface area contributed by atoms with Gasteiger partial charge in [0.05, 0.1) is 13.2 Å². The van der Waals surface area contributed by atoms with Crippen LogP contribution >= 0.6 is 0 Å². The molecular weight excluding hydrogens is 226 g/mol. The van der Waals surface area contributed by atoms with E-state index in [-0.39, 0.29) is 0 Å². The first-order chi connectivity index (χ1) is 8.86.